The van der Waals surface area contributed by atoms with Gasteiger partial charge in [0.05, 0.1) is 18.8 Å². The van der Waals surface area contributed by atoms with Crippen molar-refractivity contribution < 1.29 is 4.39 Å². The Bertz CT molecular complexity index is 1310. The first-order chi connectivity index (χ1) is 14.0. The van der Waals surface area contributed by atoms with Crippen molar-refractivity contribution in [2.75, 3.05) is 5.32 Å². The average Bonchev–Trinajstić information content (AvgIpc) is 3.10. The third-order valence-corrected chi connectivity index (χ3v) is 4.79. The van der Waals surface area contributed by atoms with Gasteiger partial charge in [0.25, 0.3) is 5.56 Å². The number of imidazole rings is 1. The summed E-state index contributed by atoms with van der Waals surface area (Å²) in [5.74, 6) is -0.0288. The molecule has 0 spiro atoms. The van der Waals surface area contributed by atoms with E-state index in [2.05, 4.69) is 15.3 Å². The summed E-state index contributed by atoms with van der Waals surface area (Å²) in [5.41, 5.74) is 0.675. The second kappa shape index (κ2) is 7.34. The molecule has 148 valence electrons. The highest BCUT2D eigenvalue weighted by Gasteiger charge is 2.20. The Morgan fingerprint density at radius 1 is 1.03 bits per heavy atom. The van der Waals surface area contributed by atoms with Gasteiger partial charge in [-0.05, 0) is 18.2 Å². The van der Waals surface area contributed by atoms with Gasteiger partial charge in [0, 0.05) is 25.9 Å². The van der Waals surface area contributed by atoms with Gasteiger partial charge in [-0.1, -0.05) is 24.3 Å². The quantitative estimate of drug-likeness (QED) is 0.556. The standard InChI is InChI=1S/C20H19FN6O2/c1-25-17-16(18(28)26(2)20(25)29)27(12-13-7-3-4-9-15(13)21)19(24-17)23-11-14-8-5-6-10-22-14/h3-10H,11-12H2,1-2H3,(H,23,24). The van der Waals surface area contributed by atoms with Crippen LogP contribution in [0.1, 0.15) is 11.3 Å². The van der Waals surface area contributed by atoms with Crippen LogP contribution in [0.4, 0.5) is 10.3 Å². The maximum atomic E-state index is 14.3. The van der Waals surface area contributed by atoms with Gasteiger partial charge in [-0.3, -0.25) is 23.5 Å². The Morgan fingerprint density at radius 2 is 1.79 bits per heavy atom. The van der Waals surface area contributed by atoms with Gasteiger partial charge in [0.15, 0.2) is 11.2 Å². The summed E-state index contributed by atoms with van der Waals surface area (Å²) in [7, 11) is 2.96. The first-order valence-electron chi connectivity index (χ1n) is 9.01. The van der Waals surface area contributed by atoms with E-state index in [0.29, 0.717) is 18.1 Å². The van der Waals surface area contributed by atoms with Gasteiger partial charge < -0.3 is 5.32 Å². The summed E-state index contributed by atoms with van der Waals surface area (Å²) < 4.78 is 18.2. The number of aromatic nitrogens is 5. The Kier molecular flexibility index (Phi) is 4.71. The molecule has 1 aromatic carbocycles. The molecule has 0 unspecified atom stereocenters. The van der Waals surface area contributed by atoms with E-state index < -0.39 is 11.2 Å². The predicted octanol–water partition coefficient (Wildman–Crippen LogP) is 1.63. The van der Waals surface area contributed by atoms with Crippen molar-refractivity contribution in [2.45, 2.75) is 13.1 Å². The van der Waals surface area contributed by atoms with E-state index in [-0.39, 0.29) is 23.5 Å². The average molecular weight is 394 g/mol. The van der Waals surface area contributed by atoms with Crippen molar-refractivity contribution in [3.05, 3.63) is 86.6 Å². The number of fused-ring (bicyclic) bond motifs is 1. The minimum absolute atomic E-state index is 0.0845. The number of hydrogen-bond donors (Lipinski definition) is 1. The van der Waals surface area contributed by atoms with Gasteiger partial charge in [-0.15, -0.1) is 0 Å². The maximum Gasteiger partial charge on any atom is 0.332 e. The molecule has 0 aliphatic heterocycles. The molecule has 4 aromatic rings. The molecule has 0 radical (unpaired) electrons. The highest BCUT2D eigenvalue weighted by Crippen LogP contribution is 2.19. The number of hydrogen-bond acceptors (Lipinski definition) is 5. The molecule has 3 heterocycles. The zero-order valence-electron chi connectivity index (χ0n) is 16.0. The van der Waals surface area contributed by atoms with E-state index in [1.807, 2.05) is 18.2 Å². The first-order valence-corrected chi connectivity index (χ1v) is 9.01. The van der Waals surface area contributed by atoms with Crippen LogP contribution in [0.15, 0.2) is 58.3 Å². The van der Waals surface area contributed by atoms with Gasteiger partial charge in [0.2, 0.25) is 5.95 Å². The summed E-state index contributed by atoms with van der Waals surface area (Å²) in [6, 6.07) is 11.9. The SMILES string of the molecule is Cn1c(=O)c2c(nc(NCc3ccccn3)n2Cc2ccccc2F)n(C)c1=O. The lowest BCUT2D eigenvalue weighted by atomic mass is 10.2. The van der Waals surface area contributed by atoms with E-state index in [0.717, 1.165) is 10.3 Å². The second-order valence-corrected chi connectivity index (χ2v) is 6.67. The molecule has 4 rings (SSSR count). The van der Waals surface area contributed by atoms with Crippen molar-refractivity contribution in [1.82, 2.24) is 23.7 Å². The fourth-order valence-corrected chi connectivity index (χ4v) is 3.20. The molecule has 0 aliphatic carbocycles. The number of nitrogens with one attached hydrogen (secondary N) is 1. The van der Waals surface area contributed by atoms with Gasteiger partial charge in [-0.25, -0.2) is 9.18 Å². The first kappa shape index (κ1) is 18.6. The van der Waals surface area contributed by atoms with Crippen molar-refractivity contribution in [3.63, 3.8) is 0 Å². The number of halogens is 1. The van der Waals surface area contributed by atoms with Crippen molar-refractivity contribution >= 4 is 17.1 Å². The lowest BCUT2D eigenvalue weighted by molar-refractivity contribution is 0.601. The van der Waals surface area contributed by atoms with Crippen LogP contribution in [0, 0.1) is 5.82 Å². The van der Waals surface area contributed by atoms with Crippen LogP contribution in [-0.2, 0) is 27.2 Å². The Morgan fingerprint density at radius 3 is 2.52 bits per heavy atom. The molecule has 0 saturated heterocycles. The molecule has 0 amide bonds. The van der Waals surface area contributed by atoms with Crippen molar-refractivity contribution in [1.29, 1.82) is 0 Å². The Hall–Kier alpha value is -3.75. The molecule has 0 atom stereocenters. The third-order valence-electron chi connectivity index (χ3n) is 4.79. The van der Waals surface area contributed by atoms with Crippen LogP contribution in [0.5, 0.6) is 0 Å². The normalized spacial score (nSPS) is 11.1. The summed E-state index contributed by atoms with van der Waals surface area (Å²) in [5, 5.41) is 3.16. The van der Waals surface area contributed by atoms with E-state index in [9.17, 15) is 14.0 Å². The zero-order chi connectivity index (χ0) is 20.5. The van der Waals surface area contributed by atoms with Gasteiger partial charge >= 0.3 is 5.69 Å². The van der Waals surface area contributed by atoms with Crippen LogP contribution >= 0.6 is 0 Å². The van der Waals surface area contributed by atoms with E-state index in [1.54, 1.807) is 36.0 Å². The molecule has 3 aromatic heterocycles. The molecule has 8 nitrogen and oxygen atoms in total. The van der Waals surface area contributed by atoms with Crippen LogP contribution in [0.2, 0.25) is 0 Å². The van der Waals surface area contributed by atoms with Crippen LogP contribution in [0.25, 0.3) is 11.2 Å². The molecule has 0 fully saturated rings. The van der Waals surface area contributed by atoms with Crippen molar-refractivity contribution in [2.24, 2.45) is 14.1 Å². The fourth-order valence-electron chi connectivity index (χ4n) is 3.20. The number of aryl methyl sites for hydroxylation is 1. The topological polar surface area (TPSA) is 86.7 Å². The van der Waals surface area contributed by atoms with Gasteiger partial charge in [-0.2, -0.15) is 4.98 Å². The summed E-state index contributed by atoms with van der Waals surface area (Å²) in [4.78, 5) is 33.9. The van der Waals surface area contributed by atoms with Crippen LogP contribution in [-0.4, -0.2) is 23.7 Å². The minimum atomic E-state index is -0.488. The smallest absolute Gasteiger partial charge is 0.332 e. The van der Waals surface area contributed by atoms with E-state index >= 15 is 0 Å². The summed E-state index contributed by atoms with van der Waals surface area (Å²) >= 11 is 0. The number of anilines is 1. The molecular weight excluding hydrogens is 375 g/mol. The molecule has 0 saturated carbocycles. The highest BCUT2D eigenvalue weighted by atomic mass is 19.1. The molecule has 9 heteroatoms. The number of benzene rings is 1. The highest BCUT2D eigenvalue weighted by molar-refractivity contribution is 5.74. The van der Waals surface area contributed by atoms with Gasteiger partial charge in [0.1, 0.15) is 5.82 Å². The monoisotopic (exact) mass is 394 g/mol. The molecule has 0 bridgehead atoms. The maximum absolute atomic E-state index is 14.3. The molecule has 1 N–H and O–H groups in total. The molecular formula is C20H19FN6O2. The number of rotatable bonds is 5. The number of pyridine rings is 1. The Labute approximate surface area is 164 Å². The van der Waals surface area contributed by atoms with E-state index in [4.69, 9.17) is 0 Å². The molecule has 0 aliphatic rings. The molecule has 29 heavy (non-hydrogen) atoms. The Balaban J connectivity index is 1.88. The van der Waals surface area contributed by atoms with Crippen LogP contribution in [0.3, 0.4) is 0 Å². The largest absolute Gasteiger partial charge is 0.350 e. The zero-order valence-corrected chi connectivity index (χ0v) is 16.0. The fraction of sp³-hybridized carbons (Fsp3) is 0.200. The minimum Gasteiger partial charge on any atom is -0.350 e. The number of nitrogens with zero attached hydrogens (tertiary/aromatic N) is 5. The summed E-state index contributed by atoms with van der Waals surface area (Å²) in [6.45, 7) is 0.441. The lowest BCUT2D eigenvalue weighted by Gasteiger charge is -2.11. The van der Waals surface area contributed by atoms with E-state index in [1.165, 1.54) is 17.7 Å². The lowest BCUT2D eigenvalue weighted by Crippen LogP contribution is -2.37. The third kappa shape index (κ3) is 3.31. The summed E-state index contributed by atoms with van der Waals surface area (Å²) in [6.07, 6.45) is 1.68. The predicted molar refractivity (Wildman–Crippen MR) is 107 cm³/mol. The van der Waals surface area contributed by atoms with Crippen LogP contribution < -0.4 is 16.6 Å². The van der Waals surface area contributed by atoms with Crippen molar-refractivity contribution in [3.8, 4) is 0 Å². The second-order valence-electron chi connectivity index (χ2n) is 6.67.